The monoisotopic (exact) mass is 294 g/mol. The van der Waals surface area contributed by atoms with Crippen LogP contribution in [0, 0.1) is 5.82 Å². The van der Waals surface area contributed by atoms with Crippen molar-refractivity contribution in [2.24, 2.45) is 0 Å². The molecular formula is C19H15FO2. The molecule has 0 fully saturated rings. The molecule has 0 aliphatic heterocycles. The van der Waals surface area contributed by atoms with Crippen LogP contribution in [-0.4, -0.2) is 11.1 Å². The Hall–Kier alpha value is -2.68. The van der Waals surface area contributed by atoms with Crippen LogP contribution in [0.15, 0.2) is 54.1 Å². The smallest absolute Gasteiger partial charge is 0.307 e. The van der Waals surface area contributed by atoms with Gasteiger partial charge in [0, 0.05) is 5.56 Å². The van der Waals surface area contributed by atoms with Gasteiger partial charge in [-0.15, -0.1) is 0 Å². The van der Waals surface area contributed by atoms with E-state index in [1.165, 1.54) is 6.07 Å². The van der Waals surface area contributed by atoms with E-state index in [4.69, 9.17) is 5.11 Å². The quantitative estimate of drug-likeness (QED) is 0.896. The highest BCUT2D eigenvalue weighted by molar-refractivity contribution is 6.07. The van der Waals surface area contributed by atoms with E-state index in [1.807, 2.05) is 49.4 Å². The molecule has 0 spiro atoms. The second kappa shape index (κ2) is 5.60. The number of aliphatic carboxylic acids is 1. The van der Waals surface area contributed by atoms with Crippen molar-refractivity contribution >= 4 is 23.2 Å². The molecule has 0 aromatic heterocycles. The molecule has 1 N–H and O–H groups in total. The number of carbonyl (C=O) groups is 1. The summed E-state index contributed by atoms with van der Waals surface area (Å²) in [6.45, 7) is 1.85. The van der Waals surface area contributed by atoms with Crippen LogP contribution >= 0.6 is 0 Å². The SMILES string of the molecule is CC1=C(CC(=O)O)c2c(F)cccc2/C1=C\c1ccccc1. The molecule has 2 aromatic rings. The highest BCUT2D eigenvalue weighted by Crippen LogP contribution is 2.44. The minimum Gasteiger partial charge on any atom is -0.481 e. The normalized spacial score (nSPS) is 15.3. The van der Waals surface area contributed by atoms with Crippen LogP contribution in [0.3, 0.4) is 0 Å². The fourth-order valence-electron chi connectivity index (χ4n) is 2.88. The number of benzene rings is 2. The third-order valence-electron chi connectivity index (χ3n) is 3.90. The van der Waals surface area contributed by atoms with Gasteiger partial charge >= 0.3 is 5.97 Å². The summed E-state index contributed by atoms with van der Waals surface area (Å²) in [5.41, 5.74) is 4.46. The van der Waals surface area contributed by atoms with Crippen molar-refractivity contribution in [3.05, 3.63) is 76.6 Å². The summed E-state index contributed by atoms with van der Waals surface area (Å²) in [5, 5.41) is 9.11. The number of carboxylic acids is 1. The third-order valence-corrected chi connectivity index (χ3v) is 3.90. The van der Waals surface area contributed by atoms with Crippen molar-refractivity contribution in [2.45, 2.75) is 13.3 Å². The summed E-state index contributed by atoms with van der Waals surface area (Å²) >= 11 is 0. The molecule has 0 amide bonds. The lowest BCUT2D eigenvalue weighted by Gasteiger charge is -2.05. The second-order valence-corrected chi connectivity index (χ2v) is 5.31. The average Bonchev–Trinajstić information content (AvgIpc) is 2.75. The maximum absolute atomic E-state index is 14.2. The Morgan fingerprint density at radius 1 is 1.14 bits per heavy atom. The summed E-state index contributed by atoms with van der Waals surface area (Å²) < 4.78 is 14.2. The molecule has 1 aliphatic carbocycles. The molecule has 110 valence electrons. The van der Waals surface area contributed by atoms with E-state index in [9.17, 15) is 9.18 Å². The first-order valence-corrected chi connectivity index (χ1v) is 7.06. The fourth-order valence-corrected chi connectivity index (χ4v) is 2.88. The van der Waals surface area contributed by atoms with Crippen LogP contribution in [0.1, 0.15) is 30.0 Å². The number of hydrogen-bond donors (Lipinski definition) is 1. The molecule has 3 rings (SSSR count). The van der Waals surface area contributed by atoms with Crippen LogP contribution in [0.25, 0.3) is 17.2 Å². The summed E-state index contributed by atoms with van der Waals surface area (Å²) in [4.78, 5) is 11.1. The maximum Gasteiger partial charge on any atom is 0.307 e. The molecule has 3 heteroatoms. The van der Waals surface area contributed by atoms with Gasteiger partial charge in [0.1, 0.15) is 5.82 Å². The van der Waals surface area contributed by atoms with Gasteiger partial charge < -0.3 is 5.11 Å². The summed E-state index contributed by atoms with van der Waals surface area (Å²) in [5.74, 6) is -1.32. The van der Waals surface area contributed by atoms with E-state index in [1.54, 1.807) is 6.07 Å². The predicted molar refractivity (Wildman–Crippen MR) is 85.6 cm³/mol. The zero-order valence-corrected chi connectivity index (χ0v) is 12.1. The Balaban J connectivity index is 2.20. The molecule has 0 unspecified atom stereocenters. The summed E-state index contributed by atoms with van der Waals surface area (Å²) in [6.07, 6.45) is 1.80. The number of hydrogen-bond acceptors (Lipinski definition) is 1. The fraction of sp³-hybridized carbons (Fsp3) is 0.105. The summed E-state index contributed by atoms with van der Waals surface area (Å²) in [6, 6.07) is 14.6. The molecule has 0 saturated heterocycles. The number of rotatable bonds is 3. The van der Waals surface area contributed by atoms with Gasteiger partial charge in [-0.2, -0.15) is 0 Å². The number of halogens is 1. The van der Waals surface area contributed by atoms with Gasteiger partial charge in [-0.3, -0.25) is 4.79 Å². The van der Waals surface area contributed by atoms with E-state index in [-0.39, 0.29) is 12.2 Å². The Kier molecular flexibility index (Phi) is 3.63. The van der Waals surface area contributed by atoms with Crippen molar-refractivity contribution in [3.8, 4) is 0 Å². The molecule has 2 aromatic carbocycles. The molecule has 22 heavy (non-hydrogen) atoms. The lowest BCUT2D eigenvalue weighted by Crippen LogP contribution is -1.98. The van der Waals surface area contributed by atoms with Crippen LogP contribution in [-0.2, 0) is 4.79 Å². The van der Waals surface area contributed by atoms with E-state index in [0.29, 0.717) is 11.1 Å². The van der Waals surface area contributed by atoms with Gasteiger partial charge in [0.05, 0.1) is 6.42 Å². The zero-order chi connectivity index (χ0) is 15.7. The van der Waals surface area contributed by atoms with Crippen molar-refractivity contribution < 1.29 is 14.3 Å². The van der Waals surface area contributed by atoms with Gasteiger partial charge in [-0.05, 0) is 46.9 Å². The molecular weight excluding hydrogens is 279 g/mol. The standard InChI is InChI=1S/C19H15FO2/c1-12-15(10-13-6-3-2-4-7-13)14-8-5-9-17(20)19(14)16(12)11-18(21)22/h2-10H,11H2,1H3,(H,21,22)/b15-10-. The predicted octanol–water partition coefficient (Wildman–Crippen LogP) is 4.63. The highest BCUT2D eigenvalue weighted by atomic mass is 19.1. The van der Waals surface area contributed by atoms with Gasteiger partial charge in [0.2, 0.25) is 0 Å². The molecule has 2 nitrogen and oxygen atoms in total. The first kappa shape index (κ1) is 14.3. The number of carboxylic acid groups (broad SMARTS) is 1. The maximum atomic E-state index is 14.2. The Labute approximate surface area is 128 Å². The van der Waals surface area contributed by atoms with Gasteiger partial charge in [-0.1, -0.05) is 42.5 Å². The Morgan fingerprint density at radius 3 is 2.55 bits per heavy atom. The second-order valence-electron chi connectivity index (χ2n) is 5.31. The first-order valence-electron chi connectivity index (χ1n) is 7.06. The summed E-state index contributed by atoms with van der Waals surface area (Å²) in [7, 11) is 0. The minimum absolute atomic E-state index is 0.175. The lowest BCUT2D eigenvalue weighted by molar-refractivity contribution is -0.135. The molecule has 0 saturated carbocycles. The zero-order valence-electron chi connectivity index (χ0n) is 12.1. The molecule has 0 heterocycles. The van der Waals surface area contributed by atoms with Crippen LogP contribution in [0.4, 0.5) is 4.39 Å². The van der Waals surface area contributed by atoms with Crippen molar-refractivity contribution in [3.63, 3.8) is 0 Å². The van der Waals surface area contributed by atoms with Gasteiger partial charge in [0.15, 0.2) is 0 Å². The minimum atomic E-state index is -0.954. The van der Waals surface area contributed by atoms with Crippen molar-refractivity contribution in [1.82, 2.24) is 0 Å². The van der Waals surface area contributed by atoms with E-state index in [0.717, 1.165) is 22.3 Å². The highest BCUT2D eigenvalue weighted by Gasteiger charge is 2.27. The van der Waals surface area contributed by atoms with Crippen LogP contribution in [0.5, 0.6) is 0 Å². The lowest BCUT2D eigenvalue weighted by atomic mass is 10.0. The molecule has 1 aliphatic rings. The Bertz CT molecular complexity index is 801. The van der Waals surface area contributed by atoms with E-state index >= 15 is 0 Å². The molecule has 0 atom stereocenters. The van der Waals surface area contributed by atoms with Crippen LogP contribution in [0.2, 0.25) is 0 Å². The van der Waals surface area contributed by atoms with Crippen LogP contribution < -0.4 is 0 Å². The number of allylic oxidation sites excluding steroid dienone is 2. The first-order chi connectivity index (χ1) is 10.6. The Morgan fingerprint density at radius 2 is 1.86 bits per heavy atom. The topological polar surface area (TPSA) is 37.3 Å². The van der Waals surface area contributed by atoms with Crippen molar-refractivity contribution in [2.75, 3.05) is 0 Å². The van der Waals surface area contributed by atoms with E-state index < -0.39 is 5.97 Å². The van der Waals surface area contributed by atoms with Gasteiger partial charge in [0.25, 0.3) is 0 Å². The molecule has 0 bridgehead atoms. The van der Waals surface area contributed by atoms with Crippen molar-refractivity contribution in [1.29, 1.82) is 0 Å². The van der Waals surface area contributed by atoms with E-state index in [2.05, 4.69) is 0 Å². The molecule has 0 radical (unpaired) electrons. The van der Waals surface area contributed by atoms with Gasteiger partial charge in [-0.25, -0.2) is 4.39 Å². The average molecular weight is 294 g/mol. The largest absolute Gasteiger partial charge is 0.481 e. The third kappa shape index (κ3) is 2.46. The number of fused-ring (bicyclic) bond motifs is 1.